The molecule has 0 aliphatic heterocycles. The molecule has 0 aromatic carbocycles. The molecule has 0 amide bonds. The van der Waals surface area contributed by atoms with Crippen molar-refractivity contribution in [1.29, 1.82) is 0 Å². The van der Waals surface area contributed by atoms with E-state index >= 15 is 0 Å². The summed E-state index contributed by atoms with van der Waals surface area (Å²) in [7, 11) is 0. The van der Waals surface area contributed by atoms with E-state index in [4.69, 9.17) is 0 Å². The standard InChI is InChI=1S/C14H22/c1-3-4-12-6-8-13-9-11(2)5-7-14(13)10-12/h3-5,7,11-14H,6,8-10H2,1-2H3/t11-,12+,13+,14-/m1/s1. The van der Waals surface area contributed by atoms with Crippen LogP contribution in [0.3, 0.4) is 0 Å². The van der Waals surface area contributed by atoms with Crippen molar-refractivity contribution < 1.29 is 0 Å². The molecule has 0 saturated heterocycles. The smallest absolute Gasteiger partial charge is 0.0199 e. The summed E-state index contributed by atoms with van der Waals surface area (Å²) in [6.45, 7) is 4.50. The van der Waals surface area contributed by atoms with Crippen molar-refractivity contribution in [3.8, 4) is 0 Å². The Morgan fingerprint density at radius 2 is 2.00 bits per heavy atom. The molecule has 4 atom stereocenters. The molecule has 1 saturated carbocycles. The summed E-state index contributed by atoms with van der Waals surface area (Å²) in [5.74, 6) is 3.58. The lowest BCUT2D eigenvalue weighted by Crippen LogP contribution is -2.26. The fourth-order valence-electron chi connectivity index (χ4n) is 3.17. The fourth-order valence-corrected chi connectivity index (χ4v) is 3.17. The van der Waals surface area contributed by atoms with Crippen LogP contribution in [-0.2, 0) is 0 Å². The van der Waals surface area contributed by atoms with Crippen molar-refractivity contribution in [1.82, 2.24) is 0 Å². The van der Waals surface area contributed by atoms with E-state index in [-0.39, 0.29) is 0 Å². The van der Waals surface area contributed by atoms with Crippen molar-refractivity contribution >= 4 is 0 Å². The summed E-state index contributed by atoms with van der Waals surface area (Å²) >= 11 is 0. The van der Waals surface area contributed by atoms with Crippen LogP contribution in [0.2, 0.25) is 0 Å². The van der Waals surface area contributed by atoms with Crippen LogP contribution in [0.5, 0.6) is 0 Å². The van der Waals surface area contributed by atoms with Crippen molar-refractivity contribution in [3.63, 3.8) is 0 Å². The molecule has 0 unspecified atom stereocenters. The zero-order valence-corrected chi connectivity index (χ0v) is 9.45. The molecule has 2 rings (SSSR count). The molecule has 14 heavy (non-hydrogen) atoms. The average molecular weight is 190 g/mol. The van der Waals surface area contributed by atoms with Gasteiger partial charge in [0.25, 0.3) is 0 Å². The fraction of sp³-hybridized carbons (Fsp3) is 0.714. The molecule has 0 bridgehead atoms. The molecular weight excluding hydrogens is 168 g/mol. The van der Waals surface area contributed by atoms with Gasteiger partial charge in [-0.2, -0.15) is 0 Å². The third-order valence-electron chi connectivity index (χ3n) is 3.91. The normalized spacial score (nSPS) is 42.7. The predicted molar refractivity (Wildman–Crippen MR) is 62.1 cm³/mol. The predicted octanol–water partition coefficient (Wildman–Crippen LogP) is 4.19. The van der Waals surface area contributed by atoms with Gasteiger partial charge in [-0.05, 0) is 56.3 Å². The zero-order chi connectivity index (χ0) is 9.97. The lowest BCUT2D eigenvalue weighted by atomic mass is 9.68. The van der Waals surface area contributed by atoms with Crippen LogP contribution in [0.15, 0.2) is 24.3 Å². The molecule has 0 spiro atoms. The molecule has 0 aromatic rings. The van der Waals surface area contributed by atoms with E-state index in [2.05, 4.69) is 38.2 Å². The number of rotatable bonds is 1. The lowest BCUT2D eigenvalue weighted by molar-refractivity contribution is 0.206. The van der Waals surface area contributed by atoms with E-state index in [0.29, 0.717) is 0 Å². The van der Waals surface area contributed by atoms with E-state index < -0.39 is 0 Å². The molecular formula is C14H22. The first kappa shape index (κ1) is 10.0. The van der Waals surface area contributed by atoms with Gasteiger partial charge in [-0.1, -0.05) is 31.2 Å². The van der Waals surface area contributed by atoms with Gasteiger partial charge in [0.05, 0.1) is 0 Å². The summed E-state index contributed by atoms with van der Waals surface area (Å²) in [4.78, 5) is 0. The molecule has 0 nitrogen and oxygen atoms in total. The van der Waals surface area contributed by atoms with E-state index in [0.717, 1.165) is 23.7 Å². The van der Waals surface area contributed by atoms with Gasteiger partial charge in [0.1, 0.15) is 0 Å². The minimum Gasteiger partial charge on any atom is -0.0914 e. The molecule has 0 heteroatoms. The summed E-state index contributed by atoms with van der Waals surface area (Å²) in [6, 6.07) is 0. The highest BCUT2D eigenvalue weighted by atomic mass is 14.4. The maximum Gasteiger partial charge on any atom is -0.0199 e. The summed E-state index contributed by atoms with van der Waals surface area (Å²) in [5.41, 5.74) is 0. The summed E-state index contributed by atoms with van der Waals surface area (Å²) < 4.78 is 0. The number of allylic oxidation sites excluding steroid dienone is 4. The number of hydrogen-bond acceptors (Lipinski definition) is 0. The second-order valence-corrected chi connectivity index (χ2v) is 5.12. The van der Waals surface area contributed by atoms with Crippen LogP contribution in [0.1, 0.15) is 39.5 Å². The van der Waals surface area contributed by atoms with E-state index in [1.54, 1.807) is 0 Å². The van der Waals surface area contributed by atoms with Crippen molar-refractivity contribution in [2.45, 2.75) is 39.5 Å². The highest BCUT2D eigenvalue weighted by Crippen LogP contribution is 2.41. The Balaban J connectivity index is 1.99. The average Bonchev–Trinajstić information content (AvgIpc) is 2.19. The first-order chi connectivity index (χ1) is 6.79. The molecule has 2 aliphatic carbocycles. The Kier molecular flexibility index (Phi) is 3.10. The van der Waals surface area contributed by atoms with Crippen LogP contribution in [-0.4, -0.2) is 0 Å². The van der Waals surface area contributed by atoms with Gasteiger partial charge in [-0.25, -0.2) is 0 Å². The Bertz CT molecular complexity index is 236. The van der Waals surface area contributed by atoms with Crippen molar-refractivity contribution in [3.05, 3.63) is 24.3 Å². The SMILES string of the molecule is CC=C[C@H]1CC[C@H]2C[C@H](C)C=C[C@@H]2C1. The van der Waals surface area contributed by atoms with Gasteiger partial charge >= 0.3 is 0 Å². The molecule has 0 N–H and O–H groups in total. The van der Waals surface area contributed by atoms with Crippen LogP contribution < -0.4 is 0 Å². The molecule has 1 fully saturated rings. The Labute approximate surface area is 88.1 Å². The third kappa shape index (κ3) is 2.10. The minimum absolute atomic E-state index is 0.828. The van der Waals surface area contributed by atoms with Gasteiger partial charge in [0, 0.05) is 0 Å². The van der Waals surface area contributed by atoms with Gasteiger partial charge in [0.2, 0.25) is 0 Å². The molecule has 0 heterocycles. The third-order valence-corrected chi connectivity index (χ3v) is 3.91. The monoisotopic (exact) mass is 190 g/mol. The summed E-state index contributed by atoms with van der Waals surface area (Å²) in [5, 5.41) is 0. The number of hydrogen-bond donors (Lipinski definition) is 0. The lowest BCUT2D eigenvalue weighted by Gasteiger charge is -2.37. The first-order valence-electron chi connectivity index (χ1n) is 6.10. The zero-order valence-electron chi connectivity index (χ0n) is 9.45. The van der Waals surface area contributed by atoms with E-state index in [9.17, 15) is 0 Å². The topological polar surface area (TPSA) is 0 Å². The van der Waals surface area contributed by atoms with Crippen molar-refractivity contribution in [2.75, 3.05) is 0 Å². The molecule has 78 valence electrons. The summed E-state index contributed by atoms with van der Waals surface area (Å²) in [6.07, 6.45) is 15.3. The van der Waals surface area contributed by atoms with Crippen molar-refractivity contribution in [2.24, 2.45) is 23.7 Å². The molecule has 0 radical (unpaired) electrons. The number of fused-ring (bicyclic) bond motifs is 1. The van der Waals surface area contributed by atoms with Gasteiger partial charge < -0.3 is 0 Å². The van der Waals surface area contributed by atoms with Crippen LogP contribution >= 0.6 is 0 Å². The Morgan fingerprint density at radius 3 is 2.79 bits per heavy atom. The minimum atomic E-state index is 0.828. The van der Waals surface area contributed by atoms with Crippen LogP contribution in [0.4, 0.5) is 0 Å². The highest BCUT2D eigenvalue weighted by molar-refractivity contribution is 5.04. The van der Waals surface area contributed by atoms with Gasteiger partial charge in [0.15, 0.2) is 0 Å². The van der Waals surface area contributed by atoms with Gasteiger partial charge in [-0.15, -0.1) is 0 Å². The maximum absolute atomic E-state index is 2.49. The second kappa shape index (κ2) is 4.33. The Hall–Kier alpha value is -0.520. The van der Waals surface area contributed by atoms with Crippen LogP contribution in [0.25, 0.3) is 0 Å². The first-order valence-corrected chi connectivity index (χ1v) is 6.10. The van der Waals surface area contributed by atoms with E-state index in [1.807, 2.05) is 0 Å². The molecule has 0 aromatic heterocycles. The quantitative estimate of drug-likeness (QED) is 0.544. The van der Waals surface area contributed by atoms with Crippen LogP contribution in [0, 0.1) is 23.7 Å². The molecule has 2 aliphatic rings. The maximum atomic E-state index is 2.49. The highest BCUT2D eigenvalue weighted by Gasteiger charge is 2.30. The van der Waals surface area contributed by atoms with Gasteiger partial charge in [-0.3, -0.25) is 0 Å². The van der Waals surface area contributed by atoms with E-state index in [1.165, 1.54) is 25.7 Å². The Morgan fingerprint density at radius 1 is 1.14 bits per heavy atom. The second-order valence-electron chi connectivity index (χ2n) is 5.12. The largest absolute Gasteiger partial charge is 0.0914 e.